The molecule has 0 aliphatic carbocycles. The average Bonchev–Trinajstić information content (AvgIpc) is 2.96. The molecule has 7 heteroatoms. The van der Waals surface area contributed by atoms with E-state index in [-0.39, 0.29) is 17.3 Å². The number of hydrogen-bond donors (Lipinski definition) is 1. The molecule has 2 aromatic heterocycles. The summed E-state index contributed by atoms with van der Waals surface area (Å²) in [6, 6.07) is 9.84. The second-order valence-electron chi connectivity index (χ2n) is 7.03. The molecule has 0 spiro atoms. The van der Waals surface area contributed by atoms with E-state index in [0.717, 1.165) is 5.82 Å². The van der Waals surface area contributed by atoms with Gasteiger partial charge in [0.2, 0.25) is 0 Å². The van der Waals surface area contributed by atoms with Crippen molar-refractivity contribution in [3.05, 3.63) is 48.0 Å². The van der Waals surface area contributed by atoms with Gasteiger partial charge in [-0.25, -0.2) is 4.39 Å². The maximum atomic E-state index is 13.2. The summed E-state index contributed by atoms with van der Waals surface area (Å²) in [6.45, 7) is 8.65. The zero-order valence-electron chi connectivity index (χ0n) is 14.8. The van der Waals surface area contributed by atoms with Crippen molar-refractivity contribution in [2.45, 2.75) is 39.2 Å². The van der Waals surface area contributed by atoms with E-state index in [1.165, 1.54) is 12.1 Å². The molecule has 3 rings (SSSR count). The quantitative estimate of drug-likeness (QED) is 0.769. The smallest absolute Gasteiger partial charge is 0.178 e. The van der Waals surface area contributed by atoms with Gasteiger partial charge in [-0.05, 0) is 31.2 Å². The van der Waals surface area contributed by atoms with Crippen molar-refractivity contribution in [3.8, 4) is 5.75 Å². The van der Waals surface area contributed by atoms with E-state index >= 15 is 0 Å². The molecule has 0 saturated carbocycles. The standard InChI is InChI=1S/C18H22FN5O/c1-12(25-14-7-5-6-13(19)10-14)11-20-15-8-9-16-21-22-17(18(2,3)4)24(16)23-15/h5-10,12H,11H2,1-4H3,(H,20,23). The lowest BCUT2D eigenvalue weighted by atomic mass is 9.96. The summed E-state index contributed by atoms with van der Waals surface area (Å²) in [7, 11) is 0. The van der Waals surface area contributed by atoms with Crippen molar-refractivity contribution in [1.82, 2.24) is 19.8 Å². The predicted molar refractivity (Wildman–Crippen MR) is 94.5 cm³/mol. The van der Waals surface area contributed by atoms with E-state index in [2.05, 4.69) is 41.4 Å². The highest BCUT2D eigenvalue weighted by molar-refractivity contribution is 5.44. The van der Waals surface area contributed by atoms with Gasteiger partial charge in [-0.3, -0.25) is 0 Å². The highest BCUT2D eigenvalue weighted by atomic mass is 19.1. The summed E-state index contributed by atoms with van der Waals surface area (Å²) in [6.07, 6.45) is -0.151. The lowest BCUT2D eigenvalue weighted by molar-refractivity contribution is 0.233. The Labute approximate surface area is 146 Å². The van der Waals surface area contributed by atoms with Crippen LogP contribution in [0.1, 0.15) is 33.5 Å². The minimum atomic E-state index is -0.313. The van der Waals surface area contributed by atoms with Crippen LogP contribution >= 0.6 is 0 Å². The fourth-order valence-corrected chi connectivity index (χ4v) is 2.41. The van der Waals surface area contributed by atoms with Crippen LogP contribution in [0.5, 0.6) is 5.75 Å². The molecule has 2 heterocycles. The molecule has 0 saturated heterocycles. The third-order valence-electron chi connectivity index (χ3n) is 3.64. The van der Waals surface area contributed by atoms with Crippen LogP contribution in [0.2, 0.25) is 0 Å². The van der Waals surface area contributed by atoms with Crippen LogP contribution < -0.4 is 10.1 Å². The third kappa shape index (κ3) is 4.04. The Bertz CT molecular complexity index is 871. The number of rotatable bonds is 5. The number of hydrogen-bond acceptors (Lipinski definition) is 5. The largest absolute Gasteiger partial charge is 0.489 e. The van der Waals surface area contributed by atoms with Gasteiger partial charge in [-0.15, -0.1) is 15.3 Å². The molecular formula is C18H22FN5O. The van der Waals surface area contributed by atoms with Crippen LogP contribution in [-0.4, -0.2) is 32.5 Å². The highest BCUT2D eigenvalue weighted by Gasteiger charge is 2.21. The second-order valence-corrected chi connectivity index (χ2v) is 7.03. The number of benzene rings is 1. The van der Waals surface area contributed by atoms with Crippen molar-refractivity contribution >= 4 is 11.5 Å². The number of nitrogens with zero attached hydrogens (tertiary/aromatic N) is 4. The molecule has 25 heavy (non-hydrogen) atoms. The first kappa shape index (κ1) is 17.1. The normalized spacial score (nSPS) is 13.0. The first-order chi connectivity index (χ1) is 11.8. The molecule has 0 radical (unpaired) electrons. The molecule has 1 N–H and O–H groups in total. The topological polar surface area (TPSA) is 64.3 Å². The molecule has 0 fully saturated rings. The fourth-order valence-electron chi connectivity index (χ4n) is 2.41. The Balaban J connectivity index is 1.68. The van der Waals surface area contributed by atoms with E-state index in [1.54, 1.807) is 16.6 Å². The summed E-state index contributed by atoms with van der Waals surface area (Å²) in [5.74, 6) is 1.70. The molecule has 1 atom stereocenters. The molecule has 0 aliphatic heterocycles. The maximum absolute atomic E-state index is 13.2. The molecule has 0 aliphatic rings. The monoisotopic (exact) mass is 343 g/mol. The van der Waals surface area contributed by atoms with Crippen LogP contribution in [0.4, 0.5) is 10.2 Å². The number of nitrogens with one attached hydrogen (secondary N) is 1. The van der Waals surface area contributed by atoms with Gasteiger partial charge in [0.25, 0.3) is 0 Å². The molecule has 132 valence electrons. The summed E-state index contributed by atoms with van der Waals surface area (Å²) in [5, 5.41) is 16.2. The minimum absolute atomic E-state index is 0.151. The summed E-state index contributed by atoms with van der Waals surface area (Å²) >= 11 is 0. The van der Waals surface area contributed by atoms with Crippen molar-refractivity contribution < 1.29 is 9.13 Å². The lowest BCUT2D eigenvalue weighted by Crippen LogP contribution is -2.24. The maximum Gasteiger partial charge on any atom is 0.178 e. The van der Waals surface area contributed by atoms with Crippen molar-refractivity contribution in [1.29, 1.82) is 0 Å². The molecule has 1 aromatic carbocycles. The third-order valence-corrected chi connectivity index (χ3v) is 3.64. The van der Waals surface area contributed by atoms with Crippen molar-refractivity contribution in [2.75, 3.05) is 11.9 Å². The van der Waals surface area contributed by atoms with Gasteiger partial charge in [-0.1, -0.05) is 26.8 Å². The van der Waals surface area contributed by atoms with Gasteiger partial charge < -0.3 is 10.1 Å². The van der Waals surface area contributed by atoms with E-state index < -0.39 is 0 Å². The Kier molecular flexibility index (Phi) is 4.57. The number of anilines is 1. The molecule has 3 aromatic rings. The first-order valence-electron chi connectivity index (χ1n) is 8.22. The van der Waals surface area contributed by atoms with Gasteiger partial charge >= 0.3 is 0 Å². The Hall–Kier alpha value is -2.70. The summed E-state index contributed by atoms with van der Waals surface area (Å²) in [4.78, 5) is 0. The molecule has 0 bridgehead atoms. The van der Waals surface area contributed by atoms with Gasteiger partial charge in [-0.2, -0.15) is 4.52 Å². The van der Waals surface area contributed by atoms with Gasteiger partial charge in [0.15, 0.2) is 11.5 Å². The van der Waals surface area contributed by atoms with Gasteiger partial charge in [0.05, 0.1) is 6.54 Å². The summed E-state index contributed by atoms with van der Waals surface area (Å²) < 4.78 is 20.7. The van der Waals surface area contributed by atoms with Crippen LogP contribution in [-0.2, 0) is 5.41 Å². The van der Waals surface area contributed by atoms with Crippen LogP contribution in [0.25, 0.3) is 5.65 Å². The lowest BCUT2D eigenvalue weighted by Gasteiger charge is -2.17. The SMILES string of the molecule is CC(CNc1ccc2nnc(C(C)(C)C)n2n1)Oc1cccc(F)c1. The van der Waals surface area contributed by atoms with Crippen LogP contribution in [0, 0.1) is 5.82 Å². The summed E-state index contributed by atoms with van der Waals surface area (Å²) in [5.41, 5.74) is 0.554. The Morgan fingerprint density at radius 2 is 2.00 bits per heavy atom. The predicted octanol–water partition coefficient (Wildman–Crippen LogP) is 3.44. The second kappa shape index (κ2) is 6.66. The Morgan fingerprint density at radius 3 is 2.72 bits per heavy atom. The van der Waals surface area contributed by atoms with Crippen molar-refractivity contribution in [3.63, 3.8) is 0 Å². The Morgan fingerprint density at radius 1 is 1.20 bits per heavy atom. The zero-order chi connectivity index (χ0) is 18.0. The van der Waals surface area contributed by atoms with E-state index in [4.69, 9.17) is 4.74 Å². The minimum Gasteiger partial charge on any atom is -0.489 e. The molecule has 0 amide bonds. The van der Waals surface area contributed by atoms with Gasteiger partial charge in [0, 0.05) is 11.5 Å². The molecular weight excluding hydrogens is 321 g/mol. The van der Waals surface area contributed by atoms with Crippen LogP contribution in [0.15, 0.2) is 36.4 Å². The first-order valence-corrected chi connectivity index (χ1v) is 8.22. The van der Waals surface area contributed by atoms with Crippen molar-refractivity contribution in [2.24, 2.45) is 0 Å². The number of aromatic nitrogens is 4. The van der Waals surface area contributed by atoms with E-state index in [1.807, 2.05) is 19.1 Å². The number of ether oxygens (including phenoxy) is 1. The van der Waals surface area contributed by atoms with Crippen LogP contribution in [0.3, 0.4) is 0 Å². The number of fused-ring (bicyclic) bond motifs is 1. The van der Waals surface area contributed by atoms with E-state index in [9.17, 15) is 4.39 Å². The fraction of sp³-hybridized carbons (Fsp3) is 0.389. The average molecular weight is 343 g/mol. The highest BCUT2D eigenvalue weighted by Crippen LogP contribution is 2.21. The van der Waals surface area contributed by atoms with Gasteiger partial charge in [0.1, 0.15) is 23.5 Å². The van der Waals surface area contributed by atoms with E-state index in [0.29, 0.717) is 23.8 Å². The molecule has 1 unspecified atom stereocenters. The molecule has 6 nitrogen and oxygen atoms in total. The number of halogens is 1. The zero-order valence-corrected chi connectivity index (χ0v) is 14.8.